The lowest BCUT2D eigenvalue weighted by atomic mass is 10.2. The van der Waals surface area contributed by atoms with Crippen molar-refractivity contribution < 1.29 is 9.53 Å². The second-order valence-corrected chi connectivity index (χ2v) is 8.60. The first-order valence-corrected chi connectivity index (χ1v) is 11.5. The van der Waals surface area contributed by atoms with Gasteiger partial charge in [-0.25, -0.2) is 4.98 Å². The molecule has 0 fully saturated rings. The molecule has 0 aliphatic rings. The van der Waals surface area contributed by atoms with E-state index in [1.807, 2.05) is 78.4 Å². The highest BCUT2D eigenvalue weighted by molar-refractivity contribution is 7.99. The van der Waals surface area contributed by atoms with Crippen LogP contribution in [0.5, 0.6) is 5.75 Å². The minimum absolute atomic E-state index is 0.145. The van der Waals surface area contributed by atoms with Crippen LogP contribution in [0.1, 0.15) is 24.4 Å². The molecule has 2 aromatic carbocycles. The minimum Gasteiger partial charge on any atom is -0.483 e. The number of anilines is 1. The highest BCUT2D eigenvalue weighted by atomic mass is 32.2. The smallest absolute Gasteiger partial charge is 0.236 e. The van der Waals surface area contributed by atoms with Gasteiger partial charge in [-0.3, -0.25) is 9.36 Å². The Balaban J connectivity index is 1.55. The molecule has 0 bridgehead atoms. The summed E-state index contributed by atoms with van der Waals surface area (Å²) in [5.74, 6) is 1.47. The zero-order chi connectivity index (χ0) is 21.6. The molecule has 1 N–H and O–H groups in total. The van der Waals surface area contributed by atoms with Crippen LogP contribution in [0.25, 0.3) is 5.69 Å². The van der Waals surface area contributed by atoms with Crippen LogP contribution < -0.4 is 10.1 Å². The number of thioether (sulfide) groups is 1. The van der Waals surface area contributed by atoms with Crippen molar-refractivity contribution in [3.05, 3.63) is 77.6 Å². The SMILES string of the molecule is Cc1ccc(OC(C)c2nnc(SCC(=O)Nc3nccs3)n2-c2ccccc2)cc1. The predicted molar refractivity (Wildman–Crippen MR) is 123 cm³/mol. The van der Waals surface area contributed by atoms with Gasteiger partial charge in [-0.1, -0.05) is 47.7 Å². The number of nitrogens with zero attached hydrogens (tertiary/aromatic N) is 4. The minimum atomic E-state index is -0.339. The lowest BCUT2D eigenvalue weighted by Crippen LogP contribution is -2.15. The Hall–Kier alpha value is -3.17. The molecule has 4 rings (SSSR count). The molecular weight excluding hydrogens is 430 g/mol. The number of aromatic nitrogens is 4. The maximum Gasteiger partial charge on any atom is 0.236 e. The van der Waals surface area contributed by atoms with Gasteiger partial charge in [0.15, 0.2) is 22.2 Å². The Kier molecular flexibility index (Phi) is 6.63. The fraction of sp³-hybridized carbons (Fsp3) is 0.182. The first-order chi connectivity index (χ1) is 15.1. The maximum absolute atomic E-state index is 12.3. The van der Waals surface area contributed by atoms with Crippen LogP contribution in [0.4, 0.5) is 5.13 Å². The van der Waals surface area contributed by atoms with E-state index in [1.165, 1.54) is 28.7 Å². The second-order valence-electron chi connectivity index (χ2n) is 6.76. The van der Waals surface area contributed by atoms with E-state index in [2.05, 4.69) is 20.5 Å². The van der Waals surface area contributed by atoms with Crippen molar-refractivity contribution in [3.63, 3.8) is 0 Å². The Morgan fingerprint density at radius 3 is 2.65 bits per heavy atom. The van der Waals surface area contributed by atoms with Gasteiger partial charge in [0.2, 0.25) is 5.91 Å². The average Bonchev–Trinajstić information content (AvgIpc) is 3.44. The molecule has 31 heavy (non-hydrogen) atoms. The van der Waals surface area contributed by atoms with Crippen molar-refractivity contribution in [2.45, 2.75) is 25.1 Å². The third-order valence-electron chi connectivity index (χ3n) is 4.38. The summed E-state index contributed by atoms with van der Waals surface area (Å²) in [5, 5.41) is 14.5. The lowest BCUT2D eigenvalue weighted by molar-refractivity contribution is -0.113. The Morgan fingerprint density at radius 1 is 1.16 bits per heavy atom. The van der Waals surface area contributed by atoms with Gasteiger partial charge in [0, 0.05) is 17.3 Å². The lowest BCUT2D eigenvalue weighted by Gasteiger charge is -2.16. The van der Waals surface area contributed by atoms with E-state index in [4.69, 9.17) is 4.74 Å². The molecule has 7 nitrogen and oxygen atoms in total. The summed E-state index contributed by atoms with van der Waals surface area (Å²) in [5.41, 5.74) is 2.08. The molecular formula is C22H21N5O2S2. The Labute approximate surface area is 188 Å². The van der Waals surface area contributed by atoms with E-state index in [0.717, 1.165) is 11.4 Å². The van der Waals surface area contributed by atoms with Crippen LogP contribution in [0.2, 0.25) is 0 Å². The van der Waals surface area contributed by atoms with Gasteiger partial charge in [0.1, 0.15) is 5.75 Å². The third-order valence-corrected chi connectivity index (χ3v) is 6.00. The van der Waals surface area contributed by atoms with Gasteiger partial charge in [0.05, 0.1) is 5.75 Å². The molecule has 0 aliphatic heterocycles. The molecule has 4 aromatic rings. The van der Waals surface area contributed by atoms with Crippen molar-refractivity contribution in [1.82, 2.24) is 19.7 Å². The first kappa shape index (κ1) is 21.1. The summed E-state index contributed by atoms with van der Waals surface area (Å²) in [6.45, 7) is 3.97. The van der Waals surface area contributed by atoms with Crippen LogP contribution in [-0.2, 0) is 4.79 Å². The van der Waals surface area contributed by atoms with Gasteiger partial charge < -0.3 is 10.1 Å². The number of carbonyl (C=O) groups is 1. The normalized spacial score (nSPS) is 11.8. The number of thiazole rings is 1. The van der Waals surface area contributed by atoms with Crippen LogP contribution >= 0.6 is 23.1 Å². The number of amides is 1. The van der Waals surface area contributed by atoms with Gasteiger partial charge in [-0.05, 0) is 38.1 Å². The molecule has 158 valence electrons. The quantitative estimate of drug-likeness (QED) is 0.384. The number of hydrogen-bond donors (Lipinski definition) is 1. The van der Waals surface area contributed by atoms with E-state index in [-0.39, 0.29) is 17.8 Å². The van der Waals surface area contributed by atoms with Gasteiger partial charge in [-0.2, -0.15) is 0 Å². The largest absolute Gasteiger partial charge is 0.483 e. The highest BCUT2D eigenvalue weighted by Crippen LogP contribution is 2.28. The second kappa shape index (κ2) is 9.76. The number of aryl methyl sites for hydroxylation is 1. The fourth-order valence-corrected chi connectivity index (χ4v) is 4.21. The van der Waals surface area contributed by atoms with E-state index in [1.54, 1.807) is 6.20 Å². The summed E-state index contributed by atoms with van der Waals surface area (Å²) < 4.78 is 8.04. The molecule has 0 aliphatic carbocycles. The number of nitrogens with one attached hydrogen (secondary N) is 1. The average molecular weight is 452 g/mol. The van der Waals surface area contributed by atoms with Gasteiger partial charge in [-0.15, -0.1) is 21.5 Å². The summed E-state index contributed by atoms with van der Waals surface area (Å²) in [4.78, 5) is 16.4. The molecule has 0 radical (unpaired) electrons. The molecule has 2 heterocycles. The zero-order valence-electron chi connectivity index (χ0n) is 17.1. The van der Waals surface area contributed by atoms with Crippen molar-refractivity contribution in [2.24, 2.45) is 0 Å². The Bertz CT molecular complexity index is 1130. The van der Waals surface area contributed by atoms with Crippen LogP contribution in [0.15, 0.2) is 71.3 Å². The molecule has 2 aromatic heterocycles. The molecule has 0 saturated carbocycles. The maximum atomic E-state index is 12.3. The molecule has 0 saturated heterocycles. The predicted octanol–water partition coefficient (Wildman–Crippen LogP) is 4.90. The van der Waals surface area contributed by atoms with Gasteiger partial charge >= 0.3 is 0 Å². The number of hydrogen-bond acceptors (Lipinski definition) is 7. The van der Waals surface area contributed by atoms with Crippen LogP contribution in [0, 0.1) is 6.92 Å². The van der Waals surface area contributed by atoms with E-state index < -0.39 is 0 Å². The highest BCUT2D eigenvalue weighted by Gasteiger charge is 2.21. The summed E-state index contributed by atoms with van der Waals surface area (Å²) in [7, 11) is 0. The molecule has 9 heteroatoms. The van der Waals surface area contributed by atoms with Gasteiger partial charge in [0.25, 0.3) is 0 Å². The van der Waals surface area contributed by atoms with E-state index in [0.29, 0.717) is 16.1 Å². The fourth-order valence-electron chi connectivity index (χ4n) is 2.90. The third kappa shape index (κ3) is 5.31. The molecule has 0 spiro atoms. The van der Waals surface area contributed by atoms with Crippen LogP contribution in [-0.4, -0.2) is 31.4 Å². The summed E-state index contributed by atoms with van der Waals surface area (Å²) in [6.07, 6.45) is 1.31. The molecule has 1 amide bonds. The number of para-hydroxylation sites is 1. The number of rotatable bonds is 8. The van der Waals surface area contributed by atoms with Crippen molar-refractivity contribution in [2.75, 3.05) is 11.1 Å². The van der Waals surface area contributed by atoms with E-state index >= 15 is 0 Å². The van der Waals surface area contributed by atoms with E-state index in [9.17, 15) is 4.79 Å². The summed E-state index contributed by atoms with van der Waals surface area (Å²) in [6, 6.07) is 17.7. The summed E-state index contributed by atoms with van der Waals surface area (Å²) >= 11 is 2.70. The van der Waals surface area contributed by atoms with Crippen LogP contribution in [0.3, 0.4) is 0 Å². The molecule has 1 unspecified atom stereocenters. The van der Waals surface area contributed by atoms with Crippen molar-refractivity contribution >= 4 is 34.1 Å². The number of ether oxygens (including phenoxy) is 1. The van der Waals surface area contributed by atoms with Crippen molar-refractivity contribution in [1.29, 1.82) is 0 Å². The molecule has 1 atom stereocenters. The first-order valence-electron chi connectivity index (χ1n) is 9.66. The monoisotopic (exact) mass is 451 g/mol. The standard InChI is InChI=1S/C22H21N5O2S2/c1-15-8-10-18(11-9-15)29-16(2)20-25-26-22(27(20)17-6-4-3-5-7-17)31-14-19(28)24-21-23-12-13-30-21/h3-13,16H,14H2,1-2H3,(H,23,24,28). The zero-order valence-corrected chi connectivity index (χ0v) is 18.7. The van der Waals surface area contributed by atoms with Crippen molar-refractivity contribution in [3.8, 4) is 11.4 Å². The number of carbonyl (C=O) groups excluding carboxylic acids is 1. The number of benzene rings is 2. The Morgan fingerprint density at radius 2 is 1.94 bits per heavy atom. The topological polar surface area (TPSA) is 81.9 Å².